The van der Waals surface area contributed by atoms with Gasteiger partial charge in [0.2, 0.25) is 0 Å². The number of benzene rings is 9. The molecule has 0 aliphatic heterocycles. The fraction of sp³-hybridized carbons (Fsp3) is 0. The van der Waals surface area contributed by atoms with Crippen LogP contribution in [0.2, 0.25) is 0 Å². The molecule has 0 N–H and O–H groups in total. The van der Waals surface area contributed by atoms with Crippen LogP contribution in [0.3, 0.4) is 0 Å². The molecule has 10 aromatic rings. The summed E-state index contributed by atoms with van der Waals surface area (Å²) >= 11 is 0. The first-order valence-corrected chi connectivity index (χ1v) is 15.1. The van der Waals surface area contributed by atoms with Crippen LogP contribution in [0.4, 0.5) is 0 Å². The predicted octanol–water partition coefficient (Wildman–Crippen LogP) is 13.7. The standard InChI is InChI=1S/C48H30O/c1-3-13-31(14-4-1)33-17-11-18-36(30-33)45-38-19-7-9-21-40(38)46(41-22-10-8-20-39(41)45)42-23-12-24-44-47(42)43-28-26-35-29-34(32-15-5-2-6-16-32)25-27-37(35)48(43)49-44/h1-30H/i2D,5D,6D,7D,8D,9D,10D,12D,15D,16D,19D,20D,21D,22D,23D,24D,25D,26D,27D,28D,29D. The molecule has 10 rings (SSSR count). The Bertz CT molecular complexity index is 3960. The second-order valence-electron chi connectivity index (χ2n) is 11.2. The Balaban J connectivity index is 1.46. The van der Waals surface area contributed by atoms with Crippen molar-refractivity contribution in [1.29, 1.82) is 0 Å². The molecule has 0 radical (unpaired) electrons. The third-order valence-corrected chi connectivity index (χ3v) is 8.51. The van der Waals surface area contributed by atoms with Gasteiger partial charge in [-0.1, -0.05) is 151 Å². The molecular weight excluding hydrogens is 593 g/mol. The molecule has 1 heteroatoms. The monoisotopic (exact) mass is 643 g/mol. The molecule has 1 aromatic heterocycles. The van der Waals surface area contributed by atoms with Crippen molar-refractivity contribution in [3.8, 4) is 44.5 Å². The summed E-state index contributed by atoms with van der Waals surface area (Å²) in [6.45, 7) is 0. The smallest absolute Gasteiger partial charge is 0.143 e. The van der Waals surface area contributed by atoms with Crippen LogP contribution in [0.15, 0.2) is 186 Å². The second kappa shape index (κ2) is 11.1. The first-order valence-electron chi connectivity index (χ1n) is 25.6. The lowest BCUT2D eigenvalue weighted by molar-refractivity contribution is 0.673. The van der Waals surface area contributed by atoms with Gasteiger partial charge in [0, 0.05) is 16.2 Å². The average Bonchev–Trinajstić information content (AvgIpc) is 3.75. The quantitative estimate of drug-likeness (QED) is 0.174. The number of fused-ring (bicyclic) bond motifs is 7. The van der Waals surface area contributed by atoms with Gasteiger partial charge in [-0.25, -0.2) is 0 Å². The lowest BCUT2D eigenvalue weighted by atomic mass is 9.84. The number of rotatable bonds is 4. The zero-order chi connectivity index (χ0) is 50.6. The van der Waals surface area contributed by atoms with E-state index in [1.165, 1.54) is 0 Å². The van der Waals surface area contributed by atoms with Crippen molar-refractivity contribution in [3.05, 3.63) is 181 Å². The molecular formula is C48H30O. The molecule has 0 bridgehead atoms. The van der Waals surface area contributed by atoms with E-state index in [4.69, 9.17) is 20.9 Å². The summed E-state index contributed by atoms with van der Waals surface area (Å²) in [5.74, 6) is 0. The Morgan fingerprint density at radius 1 is 0.408 bits per heavy atom. The van der Waals surface area contributed by atoms with E-state index < -0.39 is 182 Å². The van der Waals surface area contributed by atoms with Crippen LogP contribution in [-0.2, 0) is 0 Å². The Labute approximate surface area is 313 Å². The molecule has 0 spiro atoms. The van der Waals surface area contributed by atoms with E-state index in [0.29, 0.717) is 5.56 Å². The molecule has 0 fully saturated rings. The Hall–Kier alpha value is -6.44. The van der Waals surface area contributed by atoms with Gasteiger partial charge in [0.15, 0.2) is 0 Å². The first kappa shape index (κ1) is 14.0. The largest absolute Gasteiger partial charge is 0.455 e. The highest BCUT2D eigenvalue weighted by molar-refractivity contribution is 6.27. The summed E-state index contributed by atoms with van der Waals surface area (Å²) in [6.07, 6.45) is 0. The minimum absolute atomic E-state index is 0.0195. The lowest BCUT2D eigenvalue weighted by Gasteiger charge is -2.18. The van der Waals surface area contributed by atoms with Crippen molar-refractivity contribution in [2.24, 2.45) is 0 Å². The van der Waals surface area contributed by atoms with Gasteiger partial charge in [-0.05, 0) is 102 Å². The Kier molecular flexibility index (Phi) is 3.16. The molecule has 1 nitrogen and oxygen atoms in total. The van der Waals surface area contributed by atoms with E-state index in [-0.39, 0.29) is 32.7 Å². The lowest BCUT2D eigenvalue weighted by Crippen LogP contribution is -1.91. The highest BCUT2D eigenvalue weighted by Gasteiger charge is 2.21. The van der Waals surface area contributed by atoms with Crippen molar-refractivity contribution in [2.75, 3.05) is 0 Å². The van der Waals surface area contributed by atoms with Crippen LogP contribution >= 0.6 is 0 Å². The molecule has 0 amide bonds. The maximum Gasteiger partial charge on any atom is 0.143 e. The van der Waals surface area contributed by atoms with Gasteiger partial charge in [0.05, 0.1) is 28.8 Å². The minimum atomic E-state index is -0.834. The van der Waals surface area contributed by atoms with Crippen molar-refractivity contribution >= 4 is 54.3 Å². The number of hydrogen-bond donors (Lipinski definition) is 0. The van der Waals surface area contributed by atoms with Gasteiger partial charge in [-0.15, -0.1) is 0 Å². The maximum atomic E-state index is 9.59. The van der Waals surface area contributed by atoms with Gasteiger partial charge in [0.25, 0.3) is 0 Å². The highest BCUT2D eigenvalue weighted by Crippen LogP contribution is 2.48. The van der Waals surface area contributed by atoms with Crippen LogP contribution in [0.1, 0.15) is 28.8 Å². The molecule has 9 aromatic carbocycles. The van der Waals surface area contributed by atoms with Crippen molar-refractivity contribution in [2.45, 2.75) is 0 Å². The summed E-state index contributed by atoms with van der Waals surface area (Å²) in [5, 5.41) is -3.02. The topological polar surface area (TPSA) is 13.1 Å². The van der Waals surface area contributed by atoms with Crippen LogP contribution in [-0.4, -0.2) is 0 Å². The maximum absolute atomic E-state index is 9.59. The third kappa shape index (κ3) is 4.40. The molecule has 0 saturated carbocycles. The fourth-order valence-corrected chi connectivity index (χ4v) is 6.40. The number of furan rings is 1. The zero-order valence-corrected chi connectivity index (χ0v) is 25.1. The van der Waals surface area contributed by atoms with Crippen LogP contribution in [0.5, 0.6) is 0 Å². The second-order valence-corrected chi connectivity index (χ2v) is 11.2. The van der Waals surface area contributed by atoms with E-state index in [2.05, 4.69) is 0 Å². The molecule has 0 aliphatic rings. The summed E-state index contributed by atoms with van der Waals surface area (Å²) < 4.78 is 196. The molecule has 0 atom stereocenters. The normalized spacial score (nSPS) is 17.7. The predicted molar refractivity (Wildman–Crippen MR) is 208 cm³/mol. The van der Waals surface area contributed by atoms with Crippen molar-refractivity contribution < 1.29 is 33.2 Å². The average molecular weight is 644 g/mol. The molecule has 1 heterocycles. The first-order chi connectivity index (χ1) is 33.1. The van der Waals surface area contributed by atoms with Gasteiger partial charge in [-0.3, -0.25) is 0 Å². The van der Waals surface area contributed by atoms with Gasteiger partial charge >= 0.3 is 0 Å². The summed E-state index contributed by atoms with van der Waals surface area (Å²) in [6, 6.07) is -0.0477. The minimum Gasteiger partial charge on any atom is -0.455 e. The van der Waals surface area contributed by atoms with E-state index in [0.717, 1.165) is 5.56 Å². The molecule has 49 heavy (non-hydrogen) atoms. The van der Waals surface area contributed by atoms with Crippen molar-refractivity contribution in [3.63, 3.8) is 0 Å². The molecule has 0 unspecified atom stereocenters. The van der Waals surface area contributed by atoms with Crippen LogP contribution < -0.4 is 0 Å². The van der Waals surface area contributed by atoms with Crippen LogP contribution in [0, 0.1) is 0 Å². The summed E-state index contributed by atoms with van der Waals surface area (Å²) in [4.78, 5) is 0. The highest BCUT2D eigenvalue weighted by atomic mass is 16.3. The van der Waals surface area contributed by atoms with E-state index in [1.54, 1.807) is 24.3 Å². The summed E-state index contributed by atoms with van der Waals surface area (Å²) in [5.41, 5.74) is -1.52. The van der Waals surface area contributed by atoms with Gasteiger partial charge in [0.1, 0.15) is 11.2 Å². The Morgan fingerprint density at radius 3 is 1.82 bits per heavy atom. The summed E-state index contributed by atoms with van der Waals surface area (Å²) in [7, 11) is 0. The molecule has 228 valence electrons. The molecule has 0 aliphatic carbocycles. The van der Waals surface area contributed by atoms with Gasteiger partial charge < -0.3 is 4.42 Å². The van der Waals surface area contributed by atoms with Gasteiger partial charge in [-0.2, -0.15) is 0 Å². The van der Waals surface area contributed by atoms with Crippen molar-refractivity contribution in [1.82, 2.24) is 0 Å². The molecule has 0 saturated heterocycles. The zero-order valence-electron chi connectivity index (χ0n) is 46.1. The van der Waals surface area contributed by atoms with E-state index >= 15 is 0 Å². The van der Waals surface area contributed by atoms with E-state index in [1.807, 2.05) is 30.3 Å². The number of hydrogen-bond acceptors (Lipinski definition) is 1. The third-order valence-electron chi connectivity index (χ3n) is 8.51. The Morgan fingerprint density at radius 2 is 1.06 bits per heavy atom. The SMILES string of the molecule is [2H]c1c([2H])c([2H])c(-c2c([2H])c([2H])c3c(c2[2H])c([2H])c([2H])c2c3oc3c([2H])c([2H])c([2H])c(-c4c5c([2H])c([2H])c([2H])c([2H])c5c(-c5cccc(-c6ccccc6)c5)c5c([2H])c([2H])c([2H])c([2H])c45)c32)c([2H])c1[2H]. The van der Waals surface area contributed by atoms with E-state index in [9.17, 15) is 12.3 Å². The fourth-order valence-electron chi connectivity index (χ4n) is 6.40. The van der Waals surface area contributed by atoms with Crippen LogP contribution in [0.25, 0.3) is 98.8 Å².